The molecule has 0 unspecified atom stereocenters. The number of nitrogens with zero attached hydrogens (tertiary/aromatic N) is 2. The van der Waals surface area contributed by atoms with Crippen LogP contribution < -0.4 is 4.90 Å². The minimum absolute atomic E-state index is 0.0348. The number of nitro groups is 1. The number of halogens is 1. The topological polar surface area (TPSA) is 89.8 Å². The smallest absolute Gasteiger partial charge is 0.338 e. The largest absolute Gasteiger partial charge is 0.454 e. The van der Waals surface area contributed by atoms with Crippen LogP contribution >= 0.6 is 11.6 Å². The van der Waals surface area contributed by atoms with E-state index in [1.807, 2.05) is 0 Å². The molecule has 0 N–H and O–H groups in total. The predicted octanol–water partition coefficient (Wildman–Crippen LogP) is 4.29. The first-order valence-electron chi connectivity index (χ1n) is 8.42. The Bertz CT molecular complexity index is 915. The van der Waals surface area contributed by atoms with Crippen molar-refractivity contribution in [1.82, 2.24) is 0 Å². The van der Waals surface area contributed by atoms with Gasteiger partial charge in [0, 0.05) is 25.1 Å². The lowest BCUT2D eigenvalue weighted by Gasteiger charge is -2.19. The fourth-order valence-electron chi connectivity index (χ4n) is 2.94. The molecule has 1 aliphatic rings. The van der Waals surface area contributed by atoms with Gasteiger partial charge in [0.15, 0.2) is 0 Å². The Morgan fingerprint density at radius 3 is 2.74 bits per heavy atom. The second-order valence-electron chi connectivity index (χ2n) is 6.21. The zero-order valence-electron chi connectivity index (χ0n) is 14.6. The van der Waals surface area contributed by atoms with Crippen molar-refractivity contribution in [2.45, 2.75) is 25.9 Å². The summed E-state index contributed by atoms with van der Waals surface area (Å²) in [5.74, 6) is -0.633. The molecule has 0 bridgehead atoms. The van der Waals surface area contributed by atoms with Crippen molar-refractivity contribution < 1.29 is 19.2 Å². The number of hydrogen-bond acceptors (Lipinski definition) is 5. The molecule has 0 aliphatic carbocycles. The molecule has 0 spiro atoms. The van der Waals surface area contributed by atoms with Crippen molar-refractivity contribution in [1.29, 1.82) is 0 Å². The molecule has 27 heavy (non-hydrogen) atoms. The first kappa shape index (κ1) is 18.8. The van der Waals surface area contributed by atoms with Crippen molar-refractivity contribution in [2.24, 2.45) is 0 Å². The van der Waals surface area contributed by atoms with E-state index >= 15 is 0 Å². The molecule has 2 aromatic carbocycles. The lowest BCUT2D eigenvalue weighted by molar-refractivity contribution is -0.385. The highest BCUT2D eigenvalue weighted by Gasteiger charge is 2.25. The van der Waals surface area contributed by atoms with Gasteiger partial charge in [-0.2, -0.15) is 0 Å². The molecule has 1 saturated heterocycles. The number of ether oxygens (including phenoxy) is 1. The van der Waals surface area contributed by atoms with E-state index in [1.54, 1.807) is 24.0 Å². The predicted molar refractivity (Wildman–Crippen MR) is 100.0 cm³/mol. The van der Waals surface area contributed by atoms with E-state index in [0.29, 0.717) is 29.2 Å². The molecule has 1 amide bonds. The van der Waals surface area contributed by atoms with Gasteiger partial charge >= 0.3 is 5.97 Å². The molecule has 0 radical (unpaired) electrons. The molecule has 2 aromatic rings. The summed E-state index contributed by atoms with van der Waals surface area (Å²) in [6.07, 6.45) is 0.521. The van der Waals surface area contributed by atoms with Crippen LogP contribution in [0, 0.1) is 10.1 Å². The molecule has 0 aromatic heterocycles. The molecule has 1 fully saturated rings. The Morgan fingerprint density at radius 2 is 2.07 bits per heavy atom. The van der Waals surface area contributed by atoms with Gasteiger partial charge in [0.25, 0.3) is 5.69 Å². The summed E-state index contributed by atoms with van der Waals surface area (Å²) in [6.45, 7) is 2.19. The maximum atomic E-state index is 12.5. The van der Waals surface area contributed by atoms with E-state index in [1.165, 1.54) is 30.3 Å². The zero-order chi connectivity index (χ0) is 19.6. The SMILES string of the molecule is C[C@H](OC(=O)c1ccc(Cl)c(N2CCCC2=O)c1)c1cccc([N+](=O)[O-])c1. The Morgan fingerprint density at radius 1 is 1.30 bits per heavy atom. The van der Waals surface area contributed by atoms with Crippen molar-refractivity contribution in [3.63, 3.8) is 0 Å². The van der Waals surface area contributed by atoms with Crippen molar-refractivity contribution in [2.75, 3.05) is 11.4 Å². The van der Waals surface area contributed by atoms with Crippen molar-refractivity contribution in [3.8, 4) is 0 Å². The molecular weight excluding hydrogens is 372 g/mol. The van der Waals surface area contributed by atoms with E-state index in [-0.39, 0.29) is 17.2 Å². The number of amides is 1. The number of non-ortho nitro benzene ring substituents is 1. The second-order valence-corrected chi connectivity index (χ2v) is 6.62. The van der Waals surface area contributed by atoms with Crippen LogP contribution in [0.25, 0.3) is 0 Å². The van der Waals surface area contributed by atoms with Gasteiger partial charge in [-0.25, -0.2) is 4.79 Å². The number of anilines is 1. The molecule has 3 rings (SSSR count). The first-order chi connectivity index (χ1) is 12.9. The lowest BCUT2D eigenvalue weighted by atomic mass is 10.1. The van der Waals surface area contributed by atoms with Gasteiger partial charge in [-0.15, -0.1) is 0 Å². The van der Waals surface area contributed by atoms with E-state index in [0.717, 1.165) is 6.42 Å². The van der Waals surface area contributed by atoms with Gasteiger partial charge in [-0.3, -0.25) is 14.9 Å². The van der Waals surface area contributed by atoms with Crippen LogP contribution in [0.4, 0.5) is 11.4 Å². The molecule has 140 valence electrons. The quantitative estimate of drug-likeness (QED) is 0.433. The molecule has 8 heteroatoms. The van der Waals surface area contributed by atoms with Crippen LogP contribution in [-0.2, 0) is 9.53 Å². The molecular formula is C19H17ClN2O5. The van der Waals surface area contributed by atoms with Gasteiger partial charge in [-0.05, 0) is 37.1 Å². The minimum atomic E-state index is -0.676. The number of nitro benzene ring substituents is 1. The fraction of sp³-hybridized carbons (Fsp3) is 0.263. The summed E-state index contributed by atoms with van der Waals surface area (Å²) in [6, 6.07) is 10.5. The normalized spacial score (nSPS) is 14.9. The second kappa shape index (κ2) is 7.75. The van der Waals surface area contributed by atoms with E-state index in [2.05, 4.69) is 0 Å². The number of esters is 1. The van der Waals surface area contributed by atoms with Gasteiger partial charge in [0.2, 0.25) is 5.91 Å². The van der Waals surface area contributed by atoms with Crippen LogP contribution in [0.2, 0.25) is 5.02 Å². The summed E-state index contributed by atoms with van der Waals surface area (Å²) in [5.41, 5.74) is 1.18. The van der Waals surface area contributed by atoms with E-state index in [4.69, 9.17) is 16.3 Å². The molecule has 0 saturated carbocycles. The van der Waals surface area contributed by atoms with Crippen molar-refractivity contribution in [3.05, 3.63) is 68.7 Å². The fourth-order valence-corrected chi connectivity index (χ4v) is 3.16. The highest BCUT2D eigenvalue weighted by Crippen LogP contribution is 2.31. The maximum Gasteiger partial charge on any atom is 0.338 e. The van der Waals surface area contributed by atoms with Crippen LogP contribution in [0.1, 0.15) is 41.8 Å². The third-order valence-electron chi connectivity index (χ3n) is 4.38. The van der Waals surface area contributed by atoms with Gasteiger partial charge < -0.3 is 9.64 Å². The van der Waals surface area contributed by atoms with E-state index in [9.17, 15) is 19.7 Å². The first-order valence-corrected chi connectivity index (χ1v) is 8.80. The number of carbonyl (C=O) groups is 2. The Hall–Kier alpha value is -2.93. The Kier molecular flexibility index (Phi) is 5.41. The monoisotopic (exact) mass is 388 g/mol. The van der Waals surface area contributed by atoms with Crippen LogP contribution in [0.3, 0.4) is 0 Å². The summed E-state index contributed by atoms with van der Waals surface area (Å²) < 4.78 is 5.43. The minimum Gasteiger partial charge on any atom is -0.454 e. The van der Waals surface area contributed by atoms with Crippen LogP contribution in [0.5, 0.6) is 0 Å². The Balaban J connectivity index is 1.79. The number of benzene rings is 2. The molecule has 1 aliphatic heterocycles. The molecule has 1 atom stereocenters. The van der Waals surface area contributed by atoms with Gasteiger partial charge in [0.05, 0.1) is 21.2 Å². The summed E-state index contributed by atoms with van der Waals surface area (Å²) in [4.78, 5) is 36.4. The maximum absolute atomic E-state index is 12.5. The molecule has 7 nitrogen and oxygen atoms in total. The average Bonchev–Trinajstić information content (AvgIpc) is 3.07. The van der Waals surface area contributed by atoms with Crippen LogP contribution in [-0.4, -0.2) is 23.3 Å². The summed E-state index contributed by atoms with van der Waals surface area (Å²) in [5, 5.41) is 11.3. The third kappa shape index (κ3) is 4.09. The molecule has 1 heterocycles. The standard InChI is InChI=1S/C19H17ClN2O5/c1-12(13-4-2-5-15(10-13)22(25)26)27-19(24)14-7-8-16(20)17(11-14)21-9-3-6-18(21)23/h2,4-5,7-8,10-12H,3,6,9H2,1H3/t12-/m0/s1. The lowest BCUT2D eigenvalue weighted by Crippen LogP contribution is -2.24. The Labute approximate surface area is 160 Å². The van der Waals surface area contributed by atoms with E-state index < -0.39 is 17.0 Å². The number of rotatable bonds is 5. The summed E-state index contributed by atoms with van der Waals surface area (Å²) >= 11 is 6.19. The highest BCUT2D eigenvalue weighted by molar-refractivity contribution is 6.34. The number of hydrogen-bond donors (Lipinski definition) is 0. The van der Waals surface area contributed by atoms with Crippen LogP contribution in [0.15, 0.2) is 42.5 Å². The number of carbonyl (C=O) groups excluding carboxylic acids is 2. The third-order valence-corrected chi connectivity index (χ3v) is 4.70. The average molecular weight is 389 g/mol. The van der Waals surface area contributed by atoms with Gasteiger partial charge in [-0.1, -0.05) is 23.7 Å². The highest BCUT2D eigenvalue weighted by atomic mass is 35.5. The zero-order valence-corrected chi connectivity index (χ0v) is 15.3. The van der Waals surface area contributed by atoms with Gasteiger partial charge in [0.1, 0.15) is 6.10 Å². The summed E-state index contributed by atoms with van der Waals surface area (Å²) in [7, 11) is 0. The van der Waals surface area contributed by atoms with Crippen molar-refractivity contribution >= 4 is 34.9 Å².